The van der Waals surface area contributed by atoms with Gasteiger partial charge in [-0.15, -0.1) is 0 Å². The molecule has 0 aromatic carbocycles. The van der Waals surface area contributed by atoms with Crippen LogP contribution in [0.5, 0.6) is 0 Å². The summed E-state index contributed by atoms with van der Waals surface area (Å²) in [5.74, 6) is 0.600. The molecule has 0 radical (unpaired) electrons. The average molecular weight is 219 g/mol. The Balaban J connectivity index is 2.31. The van der Waals surface area contributed by atoms with Crippen molar-refractivity contribution in [2.75, 3.05) is 0 Å². The molecule has 0 aliphatic carbocycles. The van der Waals surface area contributed by atoms with E-state index in [1.54, 1.807) is 24.5 Å². The molecule has 0 unspecified atom stereocenters. The minimum atomic E-state index is -0.429. The second-order valence-electron chi connectivity index (χ2n) is 4.60. The first-order valence-electron chi connectivity index (χ1n) is 5.03. The summed E-state index contributed by atoms with van der Waals surface area (Å²) in [5.41, 5.74) is 0.00823. The van der Waals surface area contributed by atoms with Crippen molar-refractivity contribution in [2.24, 2.45) is 10.4 Å². The number of carbonyl (C=O) groups excluding carboxylic acids is 1. The molecule has 0 saturated carbocycles. The van der Waals surface area contributed by atoms with Gasteiger partial charge in [0.25, 0.3) is 0 Å². The Hall–Kier alpha value is -1.84. The van der Waals surface area contributed by atoms with E-state index < -0.39 is 5.97 Å². The van der Waals surface area contributed by atoms with Crippen LogP contribution >= 0.6 is 0 Å². The van der Waals surface area contributed by atoms with Gasteiger partial charge in [0.1, 0.15) is 5.76 Å². The predicted molar refractivity (Wildman–Crippen MR) is 59.7 cm³/mol. The predicted octanol–water partition coefficient (Wildman–Crippen LogP) is 2.62. The third kappa shape index (κ3) is 2.05. The Kier molecular flexibility index (Phi) is 2.42. The van der Waals surface area contributed by atoms with E-state index in [2.05, 4.69) is 4.99 Å². The van der Waals surface area contributed by atoms with Crippen LogP contribution in [-0.4, -0.2) is 11.9 Å². The number of hydrogen-bond donors (Lipinski definition) is 0. The highest BCUT2D eigenvalue weighted by Crippen LogP contribution is 2.25. The first-order valence-corrected chi connectivity index (χ1v) is 5.03. The molecule has 1 aliphatic rings. The highest BCUT2D eigenvalue weighted by molar-refractivity contribution is 6.08. The van der Waals surface area contributed by atoms with Gasteiger partial charge in [0, 0.05) is 11.5 Å². The van der Waals surface area contributed by atoms with Crippen molar-refractivity contribution in [3.63, 3.8) is 0 Å². The number of furan rings is 1. The number of aliphatic imine (C=N–C) groups is 1. The lowest BCUT2D eigenvalue weighted by atomic mass is 9.97. The van der Waals surface area contributed by atoms with Crippen LogP contribution in [0.1, 0.15) is 26.5 Å². The van der Waals surface area contributed by atoms with Gasteiger partial charge >= 0.3 is 5.97 Å². The summed E-state index contributed by atoms with van der Waals surface area (Å²) in [6.07, 6.45) is 3.11. The minimum Gasteiger partial charge on any atom is -0.465 e. The molecule has 0 atom stereocenters. The molecular formula is C12H13NO3. The smallest absolute Gasteiger partial charge is 0.363 e. The molecule has 2 heterocycles. The van der Waals surface area contributed by atoms with Gasteiger partial charge in [0.2, 0.25) is 5.90 Å². The SMILES string of the molecule is CC(C)(C)C1=N/C(=C/c2ccco2)C(=O)O1. The van der Waals surface area contributed by atoms with Gasteiger partial charge in [0.05, 0.1) is 6.26 Å². The summed E-state index contributed by atoms with van der Waals surface area (Å²) in [5, 5.41) is 0. The van der Waals surface area contributed by atoms with E-state index in [-0.39, 0.29) is 11.1 Å². The van der Waals surface area contributed by atoms with Crippen molar-refractivity contribution in [1.82, 2.24) is 0 Å². The first kappa shape index (κ1) is 10.7. The van der Waals surface area contributed by atoms with E-state index in [0.29, 0.717) is 11.7 Å². The zero-order valence-corrected chi connectivity index (χ0v) is 9.48. The van der Waals surface area contributed by atoms with E-state index in [1.807, 2.05) is 20.8 Å². The first-order chi connectivity index (χ1) is 7.47. The maximum Gasteiger partial charge on any atom is 0.363 e. The fraction of sp³-hybridized carbons (Fsp3) is 0.333. The fourth-order valence-electron chi connectivity index (χ4n) is 1.24. The lowest BCUT2D eigenvalue weighted by Gasteiger charge is -2.15. The molecule has 4 nitrogen and oxygen atoms in total. The van der Waals surface area contributed by atoms with Crippen molar-refractivity contribution >= 4 is 17.9 Å². The van der Waals surface area contributed by atoms with E-state index in [0.717, 1.165) is 0 Å². The summed E-state index contributed by atoms with van der Waals surface area (Å²) in [6.45, 7) is 5.82. The molecule has 0 saturated heterocycles. The van der Waals surface area contributed by atoms with Crippen LogP contribution in [0.3, 0.4) is 0 Å². The number of esters is 1. The zero-order valence-electron chi connectivity index (χ0n) is 9.48. The quantitative estimate of drug-likeness (QED) is 0.539. The molecule has 0 spiro atoms. The van der Waals surface area contributed by atoms with Gasteiger partial charge in [-0.1, -0.05) is 20.8 Å². The maximum atomic E-state index is 11.5. The molecule has 0 fully saturated rings. The van der Waals surface area contributed by atoms with Crippen molar-refractivity contribution in [1.29, 1.82) is 0 Å². The molecule has 1 aromatic heterocycles. The minimum absolute atomic E-state index is 0.269. The van der Waals surface area contributed by atoms with Crippen LogP contribution in [0.2, 0.25) is 0 Å². The second kappa shape index (κ2) is 3.63. The highest BCUT2D eigenvalue weighted by atomic mass is 16.6. The van der Waals surface area contributed by atoms with Crippen LogP contribution in [-0.2, 0) is 9.53 Å². The van der Waals surface area contributed by atoms with Crippen LogP contribution in [0.25, 0.3) is 6.08 Å². The number of ether oxygens (including phenoxy) is 1. The number of cyclic esters (lactones) is 1. The molecule has 16 heavy (non-hydrogen) atoms. The largest absolute Gasteiger partial charge is 0.465 e. The Morgan fingerprint density at radius 2 is 2.12 bits per heavy atom. The number of rotatable bonds is 1. The molecule has 4 heteroatoms. The zero-order chi connectivity index (χ0) is 11.8. The van der Waals surface area contributed by atoms with E-state index in [1.165, 1.54) is 0 Å². The average Bonchev–Trinajstić information content (AvgIpc) is 2.76. The van der Waals surface area contributed by atoms with Gasteiger partial charge in [-0.25, -0.2) is 9.79 Å². The van der Waals surface area contributed by atoms with E-state index >= 15 is 0 Å². The van der Waals surface area contributed by atoms with Crippen molar-refractivity contribution in [3.05, 3.63) is 29.9 Å². The molecule has 1 aliphatic heterocycles. The second-order valence-corrected chi connectivity index (χ2v) is 4.60. The van der Waals surface area contributed by atoms with Gasteiger partial charge in [-0.3, -0.25) is 0 Å². The third-order valence-electron chi connectivity index (χ3n) is 2.08. The maximum absolute atomic E-state index is 11.5. The molecule has 84 valence electrons. The summed E-state index contributed by atoms with van der Waals surface area (Å²) >= 11 is 0. The van der Waals surface area contributed by atoms with E-state index in [4.69, 9.17) is 9.15 Å². The van der Waals surface area contributed by atoms with Gasteiger partial charge < -0.3 is 9.15 Å². The number of hydrogen-bond acceptors (Lipinski definition) is 4. The molecule has 1 aromatic rings. The summed E-state index contributed by atoms with van der Waals surface area (Å²) in [6, 6.07) is 3.51. The van der Waals surface area contributed by atoms with Crippen LogP contribution < -0.4 is 0 Å². The summed E-state index contributed by atoms with van der Waals surface area (Å²) in [4.78, 5) is 15.7. The Labute approximate surface area is 93.6 Å². The van der Waals surface area contributed by atoms with Crippen LogP contribution in [0, 0.1) is 5.41 Å². The van der Waals surface area contributed by atoms with Crippen LogP contribution in [0.4, 0.5) is 0 Å². The topological polar surface area (TPSA) is 51.8 Å². The molecular weight excluding hydrogens is 206 g/mol. The molecule has 0 N–H and O–H groups in total. The lowest BCUT2D eigenvalue weighted by Crippen LogP contribution is -2.21. The van der Waals surface area contributed by atoms with Crippen molar-refractivity contribution < 1.29 is 13.9 Å². The normalized spacial score (nSPS) is 18.8. The fourth-order valence-corrected chi connectivity index (χ4v) is 1.24. The Bertz CT molecular complexity index is 461. The highest BCUT2D eigenvalue weighted by Gasteiger charge is 2.31. The van der Waals surface area contributed by atoms with Gasteiger partial charge in [-0.05, 0) is 12.1 Å². The lowest BCUT2D eigenvalue weighted by molar-refractivity contribution is -0.130. The van der Waals surface area contributed by atoms with Gasteiger partial charge in [0.15, 0.2) is 5.70 Å². The summed E-state index contributed by atoms with van der Waals surface area (Å²) in [7, 11) is 0. The van der Waals surface area contributed by atoms with Crippen molar-refractivity contribution in [2.45, 2.75) is 20.8 Å². The standard InChI is InChI=1S/C12H13NO3/c1-12(2,3)11-13-9(10(14)16-11)7-8-5-4-6-15-8/h4-7H,1-3H3/b9-7+. The number of carbonyl (C=O) groups is 1. The number of nitrogens with zero attached hydrogens (tertiary/aromatic N) is 1. The molecule has 0 amide bonds. The Morgan fingerprint density at radius 1 is 1.38 bits per heavy atom. The van der Waals surface area contributed by atoms with Gasteiger partial charge in [-0.2, -0.15) is 0 Å². The van der Waals surface area contributed by atoms with Crippen LogP contribution in [0.15, 0.2) is 33.5 Å². The van der Waals surface area contributed by atoms with E-state index in [9.17, 15) is 4.79 Å². The molecule has 2 rings (SSSR count). The third-order valence-corrected chi connectivity index (χ3v) is 2.08. The van der Waals surface area contributed by atoms with Crippen molar-refractivity contribution in [3.8, 4) is 0 Å². The monoisotopic (exact) mass is 219 g/mol. The molecule has 0 bridgehead atoms. The summed E-state index contributed by atoms with van der Waals surface area (Å²) < 4.78 is 10.2. The Morgan fingerprint density at radius 3 is 2.62 bits per heavy atom.